The van der Waals surface area contributed by atoms with E-state index in [-0.39, 0.29) is 21.7 Å². The van der Waals surface area contributed by atoms with Crippen molar-refractivity contribution in [2.45, 2.75) is 124 Å². The molecule has 0 atom stereocenters. The number of rotatable bonds is 4. The van der Waals surface area contributed by atoms with Crippen molar-refractivity contribution in [1.82, 2.24) is 0 Å². The van der Waals surface area contributed by atoms with Gasteiger partial charge in [0.05, 0.1) is 11.5 Å². The molecule has 0 saturated carbocycles. The summed E-state index contributed by atoms with van der Waals surface area (Å²) in [6, 6.07) is 8.80. The molecule has 0 N–H and O–H groups in total. The summed E-state index contributed by atoms with van der Waals surface area (Å²) < 4.78 is 13.1. The summed E-state index contributed by atoms with van der Waals surface area (Å²) in [5, 5.41) is 0. The van der Waals surface area contributed by atoms with Crippen LogP contribution in [0.1, 0.15) is 116 Å². The lowest BCUT2D eigenvalue weighted by molar-refractivity contribution is 0.422. The molecule has 0 saturated heterocycles. The molecule has 0 bridgehead atoms. The van der Waals surface area contributed by atoms with E-state index in [1.165, 1.54) is 33.4 Å². The van der Waals surface area contributed by atoms with Gasteiger partial charge in [0.25, 0.3) is 0 Å². The Morgan fingerprint density at radius 3 is 1.03 bits per heavy atom. The first-order valence-electron chi connectivity index (χ1n) is 12.8. The third-order valence-electron chi connectivity index (χ3n) is 6.53. The molecular formula is C31H49AlO2. The Kier molecular flexibility index (Phi) is 8.10. The molecule has 0 heterocycles. The maximum Gasteiger partial charge on any atom is 0.853 e. The SMILES string of the molecule is Cc1c([O][Al]([CH3])[O]c2ccc(C(C)(C)C)c(C(C)(C)C)c2C)ccc(C(C)(C)C)c1C(C)(C)C. The molecule has 3 heteroatoms. The Bertz CT molecular complexity index is 938. The van der Waals surface area contributed by atoms with Crippen LogP contribution in [0.4, 0.5) is 0 Å². The van der Waals surface area contributed by atoms with Crippen LogP contribution in [-0.4, -0.2) is 14.8 Å². The molecule has 188 valence electrons. The van der Waals surface area contributed by atoms with Crippen molar-refractivity contribution < 1.29 is 7.58 Å². The van der Waals surface area contributed by atoms with Gasteiger partial charge in [-0.05, 0) is 86.8 Å². The fourth-order valence-electron chi connectivity index (χ4n) is 5.21. The minimum Gasteiger partial charge on any atom is -0.612 e. The van der Waals surface area contributed by atoms with Crippen LogP contribution in [0.5, 0.6) is 11.5 Å². The van der Waals surface area contributed by atoms with Gasteiger partial charge < -0.3 is 7.58 Å². The van der Waals surface area contributed by atoms with E-state index in [1.807, 2.05) is 0 Å². The molecule has 0 aliphatic carbocycles. The smallest absolute Gasteiger partial charge is 0.612 e. The third-order valence-corrected chi connectivity index (χ3v) is 7.70. The second kappa shape index (κ2) is 9.56. The largest absolute Gasteiger partial charge is 0.853 e. The van der Waals surface area contributed by atoms with Crippen molar-refractivity contribution in [1.29, 1.82) is 0 Å². The molecule has 2 rings (SSSR count). The summed E-state index contributed by atoms with van der Waals surface area (Å²) in [4.78, 5) is 0. The van der Waals surface area contributed by atoms with Gasteiger partial charge in [0.1, 0.15) is 0 Å². The molecule has 2 aromatic carbocycles. The Hall–Kier alpha value is -1.43. The minimum absolute atomic E-state index is 0.0404. The number of hydrogen-bond acceptors (Lipinski definition) is 2. The first-order valence-corrected chi connectivity index (χ1v) is 14.9. The summed E-state index contributed by atoms with van der Waals surface area (Å²) in [5.74, 6) is 4.04. The molecule has 2 nitrogen and oxygen atoms in total. The van der Waals surface area contributed by atoms with E-state index in [1.54, 1.807) is 0 Å². The zero-order valence-electron chi connectivity index (χ0n) is 24.7. The average molecular weight is 481 g/mol. The molecule has 2 aromatic rings. The van der Waals surface area contributed by atoms with Crippen LogP contribution in [0, 0.1) is 13.8 Å². The molecule has 0 amide bonds. The van der Waals surface area contributed by atoms with Gasteiger partial charge in [0.15, 0.2) is 0 Å². The summed E-state index contributed by atoms with van der Waals surface area (Å²) >= 11 is -1.98. The topological polar surface area (TPSA) is 18.5 Å². The fourth-order valence-corrected chi connectivity index (χ4v) is 6.48. The standard InChI is InChI=1S/2C15H24O.CH3.Al/c2*1-10-12(16)9-8-11(14(2,3)4)13(10)15(5,6)7;;/h2*8-9,16H,1-7H3;1H3;/q;;;+2/p-2. The van der Waals surface area contributed by atoms with Gasteiger partial charge in [-0.15, -0.1) is 0 Å². The minimum atomic E-state index is -1.98. The third kappa shape index (κ3) is 6.41. The lowest BCUT2D eigenvalue weighted by Gasteiger charge is -2.34. The molecule has 0 aliphatic rings. The maximum atomic E-state index is 6.55. The van der Waals surface area contributed by atoms with E-state index in [0.717, 1.165) is 11.5 Å². The molecule has 0 aromatic heterocycles. The lowest BCUT2D eigenvalue weighted by Crippen LogP contribution is -2.29. The second-order valence-corrected chi connectivity index (χ2v) is 15.6. The predicted octanol–water partition coefficient (Wildman–Crippen LogP) is 9.07. The van der Waals surface area contributed by atoms with E-state index in [4.69, 9.17) is 7.58 Å². The normalized spacial score (nSPS) is 13.1. The van der Waals surface area contributed by atoms with Gasteiger partial charge >= 0.3 is 14.8 Å². The summed E-state index contributed by atoms with van der Waals surface area (Å²) in [7, 11) is 0. The molecule has 0 radical (unpaired) electrons. The Morgan fingerprint density at radius 1 is 0.500 bits per heavy atom. The van der Waals surface area contributed by atoms with Crippen molar-refractivity contribution in [3.8, 4) is 11.5 Å². The molecule has 0 spiro atoms. The highest BCUT2D eigenvalue weighted by Gasteiger charge is 2.33. The first kappa shape index (κ1) is 28.8. The van der Waals surface area contributed by atoms with Crippen LogP contribution < -0.4 is 7.58 Å². The summed E-state index contributed by atoms with van der Waals surface area (Å²) in [5.41, 5.74) is 8.28. The van der Waals surface area contributed by atoms with E-state index in [9.17, 15) is 0 Å². The van der Waals surface area contributed by atoms with Crippen molar-refractivity contribution in [3.05, 3.63) is 57.6 Å². The van der Waals surface area contributed by atoms with Gasteiger partial charge in [-0.3, -0.25) is 0 Å². The average Bonchev–Trinajstić information content (AvgIpc) is 2.60. The fraction of sp³-hybridized carbons (Fsp3) is 0.613. The Morgan fingerprint density at radius 2 is 0.794 bits per heavy atom. The quantitative estimate of drug-likeness (QED) is 0.406. The highest BCUT2D eigenvalue weighted by atomic mass is 27.2. The zero-order chi connectivity index (χ0) is 26.4. The zero-order valence-corrected chi connectivity index (χ0v) is 25.9. The van der Waals surface area contributed by atoms with Crippen molar-refractivity contribution in [2.75, 3.05) is 0 Å². The highest BCUT2D eigenvalue weighted by Crippen LogP contribution is 2.41. The van der Waals surface area contributed by atoms with Gasteiger partial charge in [-0.25, -0.2) is 0 Å². The van der Waals surface area contributed by atoms with Crippen molar-refractivity contribution >= 4 is 14.8 Å². The Balaban J connectivity index is 2.45. The molecule has 0 unspecified atom stereocenters. The number of benzene rings is 2. The maximum absolute atomic E-state index is 6.55. The molecular weight excluding hydrogens is 431 g/mol. The summed E-state index contributed by atoms with van der Waals surface area (Å²) in [6.45, 7) is 31.9. The van der Waals surface area contributed by atoms with E-state index in [0.29, 0.717) is 0 Å². The lowest BCUT2D eigenvalue weighted by atomic mass is 9.73. The van der Waals surface area contributed by atoms with Crippen LogP contribution in [0.3, 0.4) is 0 Å². The number of hydrogen-bond donors (Lipinski definition) is 0. The predicted molar refractivity (Wildman–Crippen MR) is 150 cm³/mol. The van der Waals surface area contributed by atoms with E-state index >= 15 is 0 Å². The van der Waals surface area contributed by atoms with Crippen molar-refractivity contribution in [2.24, 2.45) is 0 Å². The van der Waals surface area contributed by atoms with Crippen LogP contribution in [-0.2, 0) is 21.7 Å². The van der Waals surface area contributed by atoms with Crippen LogP contribution in [0.2, 0.25) is 5.79 Å². The molecule has 0 fully saturated rings. The Labute approximate surface area is 215 Å². The molecule has 34 heavy (non-hydrogen) atoms. The van der Waals surface area contributed by atoms with Crippen molar-refractivity contribution in [3.63, 3.8) is 0 Å². The van der Waals surface area contributed by atoms with E-state index in [2.05, 4.69) is 127 Å². The first-order chi connectivity index (χ1) is 15.2. The van der Waals surface area contributed by atoms with Gasteiger partial charge in [-0.1, -0.05) is 95.2 Å². The monoisotopic (exact) mass is 480 g/mol. The van der Waals surface area contributed by atoms with Crippen LogP contribution in [0.15, 0.2) is 24.3 Å². The van der Waals surface area contributed by atoms with Crippen LogP contribution >= 0.6 is 0 Å². The van der Waals surface area contributed by atoms with E-state index < -0.39 is 14.8 Å². The summed E-state index contributed by atoms with van der Waals surface area (Å²) in [6.07, 6.45) is 0. The molecule has 0 aliphatic heterocycles. The van der Waals surface area contributed by atoms with Gasteiger partial charge in [-0.2, -0.15) is 0 Å². The highest BCUT2D eigenvalue weighted by molar-refractivity contribution is 6.44. The second-order valence-electron chi connectivity index (χ2n) is 14.0. The van der Waals surface area contributed by atoms with Gasteiger partial charge in [0, 0.05) is 0 Å². The van der Waals surface area contributed by atoms with Crippen LogP contribution in [0.25, 0.3) is 0 Å². The van der Waals surface area contributed by atoms with Gasteiger partial charge in [0.2, 0.25) is 0 Å².